The largest absolute Gasteiger partial charge is 0.497 e. The molecule has 2 N–H and O–H groups in total. The van der Waals surface area contributed by atoms with Crippen LogP contribution in [0.4, 0.5) is 0 Å². The van der Waals surface area contributed by atoms with Gasteiger partial charge in [0, 0.05) is 41.7 Å². The second-order valence-electron chi connectivity index (χ2n) is 5.97. The first-order valence-electron chi connectivity index (χ1n) is 7.78. The first-order chi connectivity index (χ1) is 10.8. The molecule has 2 heterocycles. The van der Waals surface area contributed by atoms with Gasteiger partial charge in [0.25, 0.3) is 0 Å². The average Bonchev–Trinajstić information content (AvgIpc) is 2.92. The molecule has 1 aliphatic heterocycles. The fraction of sp³-hybridized carbons (Fsp3) is 0.263. The highest BCUT2D eigenvalue weighted by Crippen LogP contribution is 2.29. The van der Waals surface area contributed by atoms with E-state index in [1.807, 2.05) is 6.07 Å². The smallest absolute Gasteiger partial charge is 0.120 e. The first-order valence-corrected chi connectivity index (χ1v) is 7.78. The van der Waals surface area contributed by atoms with Gasteiger partial charge in [-0.15, -0.1) is 0 Å². The molecule has 0 radical (unpaired) electrons. The normalized spacial score (nSPS) is 17.4. The molecule has 4 rings (SSSR count). The molecule has 1 unspecified atom stereocenters. The quantitative estimate of drug-likeness (QED) is 0.776. The molecule has 1 aromatic heterocycles. The number of methoxy groups -OCH3 is 1. The van der Waals surface area contributed by atoms with Crippen molar-refractivity contribution >= 4 is 10.9 Å². The molecular weight excluding hydrogens is 272 g/mol. The molecule has 0 spiro atoms. The van der Waals surface area contributed by atoms with Crippen molar-refractivity contribution in [2.24, 2.45) is 0 Å². The lowest BCUT2D eigenvalue weighted by atomic mass is 9.96. The van der Waals surface area contributed by atoms with Gasteiger partial charge in [-0.05, 0) is 29.7 Å². The predicted molar refractivity (Wildman–Crippen MR) is 89.3 cm³/mol. The molecule has 112 valence electrons. The minimum Gasteiger partial charge on any atom is -0.497 e. The van der Waals surface area contributed by atoms with Crippen molar-refractivity contribution < 1.29 is 4.74 Å². The van der Waals surface area contributed by atoms with Gasteiger partial charge < -0.3 is 15.0 Å². The van der Waals surface area contributed by atoms with Crippen LogP contribution in [0.1, 0.15) is 16.8 Å². The number of aromatic amines is 1. The Bertz CT molecular complexity index is 792. The van der Waals surface area contributed by atoms with Crippen molar-refractivity contribution in [1.29, 1.82) is 0 Å². The van der Waals surface area contributed by atoms with Crippen LogP contribution in [0.25, 0.3) is 10.9 Å². The predicted octanol–water partition coefficient (Wildman–Crippen LogP) is 3.43. The minimum absolute atomic E-state index is 0.491. The summed E-state index contributed by atoms with van der Waals surface area (Å²) in [6.07, 6.45) is 2.11. The molecule has 0 saturated heterocycles. The number of benzene rings is 2. The third-order valence-electron chi connectivity index (χ3n) is 4.54. The summed E-state index contributed by atoms with van der Waals surface area (Å²) in [4.78, 5) is 3.59. The van der Waals surface area contributed by atoms with E-state index in [2.05, 4.69) is 52.8 Å². The van der Waals surface area contributed by atoms with Crippen LogP contribution in [-0.2, 0) is 19.4 Å². The fourth-order valence-electron chi connectivity index (χ4n) is 3.40. The maximum absolute atomic E-state index is 5.32. The Morgan fingerprint density at radius 2 is 2.00 bits per heavy atom. The Labute approximate surface area is 130 Å². The summed E-state index contributed by atoms with van der Waals surface area (Å²) in [7, 11) is 1.71. The molecule has 3 aromatic rings. The monoisotopic (exact) mass is 292 g/mol. The second kappa shape index (κ2) is 5.50. The molecule has 22 heavy (non-hydrogen) atoms. The molecule has 0 bridgehead atoms. The fourth-order valence-corrected chi connectivity index (χ4v) is 3.40. The van der Waals surface area contributed by atoms with E-state index in [1.165, 1.54) is 27.7 Å². The van der Waals surface area contributed by atoms with E-state index in [0.29, 0.717) is 6.04 Å². The zero-order valence-electron chi connectivity index (χ0n) is 12.7. The number of H-pyrrole nitrogens is 1. The van der Waals surface area contributed by atoms with Gasteiger partial charge >= 0.3 is 0 Å². The van der Waals surface area contributed by atoms with E-state index < -0.39 is 0 Å². The first kappa shape index (κ1) is 13.4. The highest BCUT2D eigenvalue weighted by molar-refractivity contribution is 5.86. The zero-order valence-corrected chi connectivity index (χ0v) is 12.7. The maximum atomic E-state index is 5.32. The van der Waals surface area contributed by atoms with E-state index in [9.17, 15) is 0 Å². The Morgan fingerprint density at radius 1 is 1.14 bits per heavy atom. The van der Waals surface area contributed by atoms with Crippen LogP contribution in [0.2, 0.25) is 0 Å². The molecule has 0 aliphatic carbocycles. The number of hydrogen-bond donors (Lipinski definition) is 2. The van der Waals surface area contributed by atoms with E-state index in [4.69, 9.17) is 4.74 Å². The lowest BCUT2D eigenvalue weighted by Crippen LogP contribution is -2.37. The van der Waals surface area contributed by atoms with Crippen molar-refractivity contribution in [1.82, 2.24) is 10.3 Å². The number of rotatable bonds is 3. The van der Waals surface area contributed by atoms with Crippen LogP contribution in [-0.4, -0.2) is 18.1 Å². The summed E-state index contributed by atoms with van der Waals surface area (Å²) in [5.41, 5.74) is 5.33. The van der Waals surface area contributed by atoms with Gasteiger partial charge in [-0.1, -0.05) is 30.3 Å². The Morgan fingerprint density at radius 3 is 2.82 bits per heavy atom. The molecule has 3 nitrogen and oxygen atoms in total. The van der Waals surface area contributed by atoms with E-state index >= 15 is 0 Å². The Kier molecular flexibility index (Phi) is 3.35. The van der Waals surface area contributed by atoms with Crippen LogP contribution < -0.4 is 10.1 Å². The highest BCUT2D eigenvalue weighted by Gasteiger charge is 2.22. The van der Waals surface area contributed by atoms with Gasteiger partial charge in [-0.3, -0.25) is 0 Å². The Hall–Kier alpha value is -2.26. The van der Waals surface area contributed by atoms with Gasteiger partial charge in [0.15, 0.2) is 0 Å². The molecule has 0 amide bonds. The van der Waals surface area contributed by atoms with Crippen LogP contribution in [0.5, 0.6) is 5.75 Å². The number of hydrogen-bond acceptors (Lipinski definition) is 2. The van der Waals surface area contributed by atoms with Crippen molar-refractivity contribution in [3.8, 4) is 5.75 Å². The number of ether oxygens (including phenoxy) is 1. The van der Waals surface area contributed by atoms with Crippen molar-refractivity contribution in [3.05, 3.63) is 65.4 Å². The number of fused-ring (bicyclic) bond motifs is 3. The van der Waals surface area contributed by atoms with Crippen molar-refractivity contribution in [3.63, 3.8) is 0 Å². The molecule has 3 heteroatoms. The van der Waals surface area contributed by atoms with Crippen molar-refractivity contribution in [2.75, 3.05) is 7.11 Å². The molecule has 1 aliphatic rings. The standard InChI is InChI=1S/C19H20N2O/c1-22-15-7-8-16-17-12-20-14(9-13-5-3-2-4-6-13)10-18(17)21-19(16)11-15/h2-8,11,14,20-21H,9-10,12H2,1H3. The lowest BCUT2D eigenvalue weighted by Gasteiger charge is -2.24. The zero-order chi connectivity index (χ0) is 14.9. The molecule has 1 atom stereocenters. The van der Waals surface area contributed by atoms with Gasteiger partial charge in [0.05, 0.1) is 7.11 Å². The molecule has 0 saturated carbocycles. The van der Waals surface area contributed by atoms with Crippen LogP contribution in [0.3, 0.4) is 0 Å². The van der Waals surface area contributed by atoms with E-state index in [0.717, 1.165) is 25.1 Å². The second-order valence-corrected chi connectivity index (χ2v) is 5.97. The van der Waals surface area contributed by atoms with Crippen LogP contribution >= 0.6 is 0 Å². The topological polar surface area (TPSA) is 37.0 Å². The SMILES string of the molecule is COc1ccc2c3c([nH]c2c1)CC(Cc1ccccc1)NC3. The van der Waals surface area contributed by atoms with Gasteiger partial charge in [-0.2, -0.15) is 0 Å². The van der Waals surface area contributed by atoms with E-state index in [-0.39, 0.29) is 0 Å². The summed E-state index contributed by atoms with van der Waals surface area (Å²) in [5.74, 6) is 0.903. The van der Waals surface area contributed by atoms with Crippen LogP contribution in [0, 0.1) is 0 Å². The van der Waals surface area contributed by atoms with E-state index in [1.54, 1.807) is 7.11 Å². The van der Waals surface area contributed by atoms with Crippen LogP contribution in [0.15, 0.2) is 48.5 Å². The number of nitrogens with one attached hydrogen (secondary N) is 2. The summed E-state index contributed by atoms with van der Waals surface area (Å²) >= 11 is 0. The summed E-state index contributed by atoms with van der Waals surface area (Å²) in [6.45, 7) is 0.930. The molecule has 0 fully saturated rings. The summed E-state index contributed by atoms with van der Waals surface area (Å²) in [6, 6.07) is 17.5. The third-order valence-corrected chi connectivity index (χ3v) is 4.54. The summed E-state index contributed by atoms with van der Waals surface area (Å²) in [5, 5.41) is 4.99. The average molecular weight is 292 g/mol. The van der Waals surface area contributed by atoms with Crippen molar-refractivity contribution in [2.45, 2.75) is 25.4 Å². The highest BCUT2D eigenvalue weighted by atomic mass is 16.5. The maximum Gasteiger partial charge on any atom is 0.120 e. The van der Waals surface area contributed by atoms with Gasteiger partial charge in [0.1, 0.15) is 5.75 Å². The summed E-state index contributed by atoms with van der Waals surface area (Å²) < 4.78 is 5.32. The van der Waals surface area contributed by atoms with Gasteiger partial charge in [-0.25, -0.2) is 0 Å². The minimum atomic E-state index is 0.491. The number of aromatic nitrogens is 1. The lowest BCUT2D eigenvalue weighted by molar-refractivity contribution is 0.415. The van der Waals surface area contributed by atoms with Gasteiger partial charge in [0.2, 0.25) is 0 Å². The third kappa shape index (κ3) is 2.38. The Balaban J connectivity index is 1.60. The molecular formula is C19H20N2O. The molecule has 2 aromatic carbocycles.